The molecule has 2 amide bonds. The molecule has 1 fully saturated rings. The Morgan fingerprint density at radius 3 is 2.70 bits per heavy atom. The van der Waals surface area contributed by atoms with E-state index in [2.05, 4.69) is 10.4 Å². The van der Waals surface area contributed by atoms with Crippen LogP contribution in [0.3, 0.4) is 0 Å². The zero-order chi connectivity index (χ0) is 13.9. The van der Waals surface area contributed by atoms with E-state index in [1.165, 1.54) is 0 Å². The molecular formula is C14H14N4O2. The highest BCUT2D eigenvalue weighted by molar-refractivity contribution is 5.97. The van der Waals surface area contributed by atoms with Crippen molar-refractivity contribution in [2.45, 2.75) is 0 Å². The van der Waals surface area contributed by atoms with Crippen LogP contribution in [0.25, 0.3) is 5.69 Å². The Bertz CT molecular complexity index is 619. The summed E-state index contributed by atoms with van der Waals surface area (Å²) >= 11 is 0. The van der Waals surface area contributed by atoms with Crippen molar-refractivity contribution in [1.82, 2.24) is 20.0 Å². The standard InChI is InChI=1S/C14H14N4O2/c19-13-10-17(9-7-15-13)14(20)11-2-4-12(5-3-11)18-8-1-6-16-18/h1-6,8H,7,9-10H2,(H,15,19). The minimum Gasteiger partial charge on any atom is -0.353 e. The molecule has 1 aliphatic rings. The van der Waals surface area contributed by atoms with Gasteiger partial charge in [0.25, 0.3) is 5.91 Å². The first-order valence-electron chi connectivity index (χ1n) is 6.40. The minimum absolute atomic E-state index is 0.113. The number of benzene rings is 1. The largest absolute Gasteiger partial charge is 0.353 e. The fraction of sp³-hybridized carbons (Fsp3) is 0.214. The highest BCUT2D eigenvalue weighted by Gasteiger charge is 2.22. The summed E-state index contributed by atoms with van der Waals surface area (Å²) in [6.45, 7) is 1.18. The highest BCUT2D eigenvalue weighted by Crippen LogP contribution is 2.11. The number of amides is 2. The molecule has 2 aromatic rings. The molecule has 6 nitrogen and oxygen atoms in total. The van der Waals surface area contributed by atoms with Gasteiger partial charge in [0.1, 0.15) is 0 Å². The van der Waals surface area contributed by atoms with Crippen molar-refractivity contribution in [3.8, 4) is 5.69 Å². The van der Waals surface area contributed by atoms with Crippen LogP contribution in [0.15, 0.2) is 42.7 Å². The number of carbonyl (C=O) groups excluding carboxylic acids is 2. The summed E-state index contributed by atoms with van der Waals surface area (Å²) in [7, 11) is 0. The quantitative estimate of drug-likeness (QED) is 0.861. The highest BCUT2D eigenvalue weighted by atomic mass is 16.2. The Morgan fingerprint density at radius 1 is 1.25 bits per heavy atom. The minimum atomic E-state index is -0.119. The van der Waals surface area contributed by atoms with Gasteiger partial charge in [0.05, 0.1) is 12.2 Å². The number of carbonyl (C=O) groups is 2. The van der Waals surface area contributed by atoms with Crippen LogP contribution in [0.1, 0.15) is 10.4 Å². The maximum Gasteiger partial charge on any atom is 0.254 e. The monoisotopic (exact) mass is 270 g/mol. The average molecular weight is 270 g/mol. The maximum absolute atomic E-state index is 12.3. The van der Waals surface area contributed by atoms with Gasteiger partial charge in [-0.1, -0.05) is 0 Å². The van der Waals surface area contributed by atoms with Crippen LogP contribution in [-0.4, -0.2) is 46.1 Å². The number of piperazine rings is 1. The molecular weight excluding hydrogens is 256 g/mol. The average Bonchev–Trinajstić information content (AvgIpc) is 3.01. The lowest BCUT2D eigenvalue weighted by atomic mass is 10.1. The molecule has 1 N–H and O–H groups in total. The van der Waals surface area contributed by atoms with E-state index in [-0.39, 0.29) is 18.4 Å². The smallest absolute Gasteiger partial charge is 0.254 e. The van der Waals surface area contributed by atoms with Gasteiger partial charge < -0.3 is 10.2 Å². The molecule has 3 rings (SSSR count). The van der Waals surface area contributed by atoms with Crippen molar-refractivity contribution in [3.05, 3.63) is 48.3 Å². The van der Waals surface area contributed by atoms with E-state index in [0.29, 0.717) is 18.7 Å². The molecule has 1 aromatic carbocycles. The summed E-state index contributed by atoms with van der Waals surface area (Å²) in [5.74, 6) is -0.232. The van der Waals surface area contributed by atoms with Gasteiger partial charge in [0.2, 0.25) is 5.91 Å². The van der Waals surface area contributed by atoms with Crippen LogP contribution in [0, 0.1) is 0 Å². The number of hydrogen-bond acceptors (Lipinski definition) is 3. The lowest BCUT2D eigenvalue weighted by molar-refractivity contribution is -0.123. The normalized spacial score (nSPS) is 15.0. The maximum atomic E-state index is 12.3. The Labute approximate surface area is 116 Å². The van der Waals surface area contributed by atoms with E-state index in [9.17, 15) is 9.59 Å². The third-order valence-corrected chi connectivity index (χ3v) is 3.21. The lowest BCUT2D eigenvalue weighted by Crippen LogP contribution is -2.49. The number of hydrogen-bond donors (Lipinski definition) is 1. The Kier molecular flexibility index (Phi) is 3.20. The van der Waals surface area contributed by atoms with Crippen molar-refractivity contribution < 1.29 is 9.59 Å². The predicted octanol–water partition coefficient (Wildman–Crippen LogP) is 0.444. The van der Waals surface area contributed by atoms with E-state index in [0.717, 1.165) is 5.69 Å². The zero-order valence-corrected chi connectivity index (χ0v) is 10.8. The summed E-state index contributed by atoms with van der Waals surface area (Å²) in [6.07, 6.45) is 3.54. The molecule has 0 radical (unpaired) electrons. The molecule has 0 atom stereocenters. The van der Waals surface area contributed by atoms with Gasteiger partial charge >= 0.3 is 0 Å². The molecule has 0 saturated carbocycles. The first-order chi connectivity index (χ1) is 9.74. The SMILES string of the molecule is O=C1CN(C(=O)c2ccc(-n3cccn3)cc2)CCN1. The zero-order valence-electron chi connectivity index (χ0n) is 10.8. The number of nitrogens with zero attached hydrogens (tertiary/aromatic N) is 3. The molecule has 20 heavy (non-hydrogen) atoms. The topological polar surface area (TPSA) is 67.2 Å². The Hall–Kier alpha value is -2.63. The molecule has 0 spiro atoms. The lowest BCUT2D eigenvalue weighted by Gasteiger charge is -2.26. The number of aromatic nitrogens is 2. The second-order valence-corrected chi connectivity index (χ2v) is 4.57. The fourth-order valence-corrected chi connectivity index (χ4v) is 2.17. The van der Waals surface area contributed by atoms with Crippen LogP contribution in [0.4, 0.5) is 0 Å². The summed E-state index contributed by atoms with van der Waals surface area (Å²) in [6, 6.07) is 9.03. The van der Waals surface area contributed by atoms with Crippen molar-refractivity contribution >= 4 is 11.8 Å². The molecule has 6 heteroatoms. The fourth-order valence-electron chi connectivity index (χ4n) is 2.17. The van der Waals surface area contributed by atoms with Crippen LogP contribution in [-0.2, 0) is 4.79 Å². The second-order valence-electron chi connectivity index (χ2n) is 4.57. The van der Waals surface area contributed by atoms with Gasteiger partial charge in [0, 0.05) is 31.0 Å². The molecule has 2 heterocycles. The summed E-state index contributed by atoms with van der Waals surface area (Å²) in [5.41, 5.74) is 1.47. The van der Waals surface area contributed by atoms with Gasteiger partial charge in [-0.25, -0.2) is 4.68 Å². The third kappa shape index (κ3) is 2.40. The molecule has 0 bridgehead atoms. The second kappa shape index (κ2) is 5.16. The van der Waals surface area contributed by atoms with Gasteiger partial charge in [-0.05, 0) is 30.3 Å². The van der Waals surface area contributed by atoms with Gasteiger partial charge in [-0.15, -0.1) is 0 Å². The van der Waals surface area contributed by atoms with Gasteiger partial charge in [-0.3, -0.25) is 9.59 Å². The number of nitrogens with one attached hydrogen (secondary N) is 1. The van der Waals surface area contributed by atoms with E-state index < -0.39 is 0 Å². The molecule has 1 aliphatic heterocycles. The molecule has 102 valence electrons. The summed E-state index contributed by atoms with van der Waals surface area (Å²) < 4.78 is 1.72. The summed E-state index contributed by atoms with van der Waals surface area (Å²) in [5, 5.41) is 6.83. The van der Waals surface area contributed by atoms with Gasteiger partial charge in [0.15, 0.2) is 0 Å². The van der Waals surface area contributed by atoms with E-state index in [4.69, 9.17) is 0 Å². The Morgan fingerprint density at radius 2 is 2.05 bits per heavy atom. The van der Waals surface area contributed by atoms with E-state index >= 15 is 0 Å². The van der Waals surface area contributed by atoms with E-state index in [1.807, 2.05) is 24.4 Å². The predicted molar refractivity (Wildman–Crippen MR) is 72.5 cm³/mol. The third-order valence-electron chi connectivity index (χ3n) is 3.21. The molecule has 0 aliphatic carbocycles. The first kappa shape index (κ1) is 12.4. The summed E-state index contributed by atoms with van der Waals surface area (Å²) in [4.78, 5) is 25.1. The van der Waals surface area contributed by atoms with Crippen LogP contribution in [0.5, 0.6) is 0 Å². The molecule has 0 unspecified atom stereocenters. The Balaban J connectivity index is 1.77. The van der Waals surface area contributed by atoms with Crippen molar-refractivity contribution in [2.24, 2.45) is 0 Å². The van der Waals surface area contributed by atoms with Crippen LogP contribution < -0.4 is 5.32 Å². The van der Waals surface area contributed by atoms with Crippen LogP contribution >= 0.6 is 0 Å². The van der Waals surface area contributed by atoms with Crippen LogP contribution in [0.2, 0.25) is 0 Å². The molecule has 1 aromatic heterocycles. The van der Waals surface area contributed by atoms with Crippen molar-refractivity contribution in [1.29, 1.82) is 0 Å². The first-order valence-corrected chi connectivity index (χ1v) is 6.40. The van der Waals surface area contributed by atoms with E-state index in [1.54, 1.807) is 27.9 Å². The van der Waals surface area contributed by atoms with Gasteiger partial charge in [-0.2, -0.15) is 5.10 Å². The van der Waals surface area contributed by atoms with Crippen molar-refractivity contribution in [2.75, 3.05) is 19.6 Å². The number of rotatable bonds is 2. The van der Waals surface area contributed by atoms with Crippen molar-refractivity contribution in [3.63, 3.8) is 0 Å². The molecule has 1 saturated heterocycles.